The highest BCUT2D eigenvalue weighted by atomic mass is 32.2. The summed E-state index contributed by atoms with van der Waals surface area (Å²) in [5, 5.41) is 11.8. The van der Waals surface area contributed by atoms with Crippen molar-refractivity contribution in [2.75, 3.05) is 5.75 Å². The molecule has 0 spiro atoms. The second-order valence-electron chi connectivity index (χ2n) is 5.66. The van der Waals surface area contributed by atoms with E-state index in [4.69, 9.17) is 0 Å². The fraction of sp³-hybridized carbons (Fsp3) is 0.500. The van der Waals surface area contributed by atoms with E-state index in [1.54, 1.807) is 19.1 Å². The number of hydrogen-bond donors (Lipinski definition) is 2. The predicted octanol–water partition coefficient (Wildman–Crippen LogP) is 1.78. The van der Waals surface area contributed by atoms with Gasteiger partial charge in [0.25, 0.3) is 0 Å². The minimum Gasteiger partial charge on any atom is -0.480 e. The third-order valence-electron chi connectivity index (χ3n) is 3.64. The summed E-state index contributed by atoms with van der Waals surface area (Å²) in [4.78, 5) is 23.6. The number of carbonyl (C=O) groups is 2. The summed E-state index contributed by atoms with van der Waals surface area (Å²) < 4.78 is 23.7. The minimum atomic E-state index is -3.34. The second-order valence-corrected chi connectivity index (χ2v) is 7.94. The van der Waals surface area contributed by atoms with Crippen LogP contribution < -0.4 is 5.32 Å². The van der Waals surface area contributed by atoms with Gasteiger partial charge in [-0.25, -0.2) is 13.2 Å². The van der Waals surface area contributed by atoms with Gasteiger partial charge < -0.3 is 10.4 Å². The first-order valence-electron chi connectivity index (χ1n) is 7.50. The molecule has 0 saturated heterocycles. The van der Waals surface area contributed by atoms with Crippen molar-refractivity contribution in [1.29, 1.82) is 0 Å². The van der Waals surface area contributed by atoms with Crippen molar-refractivity contribution in [1.82, 2.24) is 5.32 Å². The van der Waals surface area contributed by atoms with Crippen LogP contribution in [0.15, 0.2) is 29.2 Å². The Morgan fingerprint density at radius 3 is 2.43 bits per heavy atom. The average Bonchev–Trinajstić information content (AvgIpc) is 2.47. The number of carboxylic acids is 1. The maximum atomic E-state index is 12.1. The molecule has 6 nitrogen and oxygen atoms in total. The maximum absolute atomic E-state index is 12.1. The summed E-state index contributed by atoms with van der Waals surface area (Å²) in [5.41, 5.74) is -0.792. The van der Waals surface area contributed by atoms with E-state index < -0.39 is 27.3 Å². The summed E-state index contributed by atoms with van der Waals surface area (Å²) in [5.74, 6) is -1.56. The third kappa shape index (κ3) is 5.06. The molecule has 1 atom stereocenters. The number of carboxylic acid groups (broad SMARTS) is 1. The predicted molar refractivity (Wildman–Crippen MR) is 87.0 cm³/mol. The largest absolute Gasteiger partial charge is 0.480 e. The van der Waals surface area contributed by atoms with Crippen molar-refractivity contribution >= 4 is 21.7 Å². The van der Waals surface area contributed by atoms with Crippen LogP contribution >= 0.6 is 0 Å². The van der Waals surface area contributed by atoms with Gasteiger partial charge in [-0.05, 0) is 31.0 Å². The Balaban J connectivity index is 2.90. The minimum absolute atomic E-state index is 0.0176. The van der Waals surface area contributed by atoms with Gasteiger partial charge in [0, 0.05) is 0 Å². The molecule has 0 radical (unpaired) electrons. The van der Waals surface area contributed by atoms with E-state index in [0.717, 1.165) is 0 Å². The highest BCUT2D eigenvalue weighted by Gasteiger charge is 2.33. The molecular weight excluding hydrogens is 318 g/mol. The standard InChI is InChI=1S/C16H23NO5S/c1-4-9-16(3,15(19)20)17-14(18)11-12-7-6-8-13(10-12)23(21,22)5-2/h6-8,10H,4-5,9,11H2,1-3H3,(H,17,18)(H,19,20). The normalized spacial score (nSPS) is 14.0. The molecule has 1 unspecified atom stereocenters. The lowest BCUT2D eigenvalue weighted by atomic mass is 9.96. The van der Waals surface area contributed by atoms with Crippen molar-refractivity contribution in [2.45, 2.75) is 50.5 Å². The lowest BCUT2D eigenvalue weighted by molar-refractivity contribution is -0.147. The fourth-order valence-electron chi connectivity index (χ4n) is 2.28. The summed E-state index contributed by atoms with van der Waals surface area (Å²) in [7, 11) is -3.34. The smallest absolute Gasteiger partial charge is 0.329 e. The van der Waals surface area contributed by atoms with Gasteiger partial charge in [-0.1, -0.05) is 32.4 Å². The van der Waals surface area contributed by atoms with Crippen LogP contribution in [-0.4, -0.2) is 36.7 Å². The van der Waals surface area contributed by atoms with E-state index in [-0.39, 0.29) is 17.1 Å². The molecule has 0 aromatic heterocycles. The molecule has 128 valence electrons. The molecule has 0 fully saturated rings. The zero-order chi connectivity index (χ0) is 17.7. The Hall–Kier alpha value is -1.89. The molecular formula is C16H23NO5S. The lowest BCUT2D eigenvalue weighted by Gasteiger charge is -2.25. The zero-order valence-electron chi connectivity index (χ0n) is 13.6. The number of amides is 1. The molecule has 0 aliphatic heterocycles. The molecule has 0 aliphatic carbocycles. The highest BCUT2D eigenvalue weighted by Crippen LogP contribution is 2.16. The van der Waals surface area contributed by atoms with Gasteiger partial charge in [0.1, 0.15) is 5.54 Å². The molecule has 23 heavy (non-hydrogen) atoms. The quantitative estimate of drug-likeness (QED) is 0.751. The number of benzene rings is 1. The monoisotopic (exact) mass is 341 g/mol. The molecule has 1 rings (SSSR count). The van der Waals surface area contributed by atoms with Gasteiger partial charge in [0.15, 0.2) is 9.84 Å². The van der Waals surface area contributed by atoms with Gasteiger partial charge in [0.2, 0.25) is 5.91 Å². The molecule has 7 heteroatoms. The van der Waals surface area contributed by atoms with Crippen molar-refractivity contribution in [3.8, 4) is 0 Å². The molecule has 1 aromatic rings. The molecule has 0 saturated carbocycles. The first kappa shape index (κ1) is 19.2. The van der Waals surface area contributed by atoms with Gasteiger partial charge >= 0.3 is 5.97 Å². The summed E-state index contributed by atoms with van der Waals surface area (Å²) in [6.07, 6.45) is 0.866. The van der Waals surface area contributed by atoms with E-state index in [1.165, 1.54) is 19.1 Å². The van der Waals surface area contributed by atoms with Crippen molar-refractivity contribution in [2.24, 2.45) is 0 Å². The van der Waals surface area contributed by atoms with E-state index >= 15 is 0 Å². The number of nitrogens with one attached hydrogen (secondary N) is 1. The van der Waals surface area contributed by atoms with Crippen LogP contribution in [0.5, 0.6) is 0 Å². The molecule has 0 bridgehead atoms. The summed E-state index contributed by atoms with van der Waals surface area (Å²) >= 11 is 0. The van der Waals surface area contributed by atoms with Crippen LogP contribution in [0.3, 0.4) is 0 Å². The van der Waals surface area contributed by atoms with Crippen molar-refractivity contribution in [3.05, 3.63) is 29.8 Å². The van der Waals surface area contributed by atoms with Crippen LogP contribution in [0.1, 0.15) is 39.2 Å². The number of hydrogen-bond acceptors (Lipinski definition) is 4. The van der Waals surface area contributed by atoms with E-state index in [2.05, 4.69) is 5.32 Å². The van der Waals surface area contributed by atoms with Gasteiger partial charge in [-0.15, -0.1) is 0 Å². The number of rotatable bonds is 8. The second kappa shape index (κ2) is 7.59. The van der Waals surface area contributed by atoms with Gasteiger partial charge in [-0.3, -0.25) is 4.79 Å². The Bertz CT molecular complexity index is 683. The van der Waals surface area contributed by atoms with Crippen molar-refractivity contribution < 1.29 is 23.1 Å². The first-order valence-corrected chi connectivity index (χ1v) is 9.16. The average molecular weight is 341 g/mol. The van der Waals surface area contributed by atoms with Crippen LogP contribution in [0.4, 0.5) is 0 Å². The zero-order valence-corrected chi connectivity index (χ0v) is 14.4. The molecule has 1 amide bonds. The van der Waals surface area contributed by atoms with Crippen LogP contribution in [0, 0.1) is 0 Å². The highest BCUT2D eigenvalue weighted by molar-refractivity contribution is 7.91. The topological polar surface area (TPSA) is 101 Å². The number of carbonyl (C=O) groups excluding carboxylic acids is 1. The van der Waals surface area contributed by atoms with Crippen LogP contribution in [-0.2, 0) is 25.8 Å². The molecule has 0 aliphatic rings. The fourth-order valence-corrected chi connectivity index (χ4v) is 3.23. The van der Waals surface area contributed by atoms with E-state index in [9.17, 15) is 23.1 Å². The van der Waals surface area contributed by atoms with Gasteiger partial charge in [0.05, 0.1) is 17.1 Å². The van der Waals surface area contributed by atoms with Crippen LogP contribution in [0.25, 0.3) is 0 Å². The number of aliphatic carboxylic acids is 1. The number of sulfone groups is 1. The van der Waals surface area contributed by atoms with Gasteiger partial charge in [-0.2, -0.15) is 0 Å². The molecule has 2 N–H and O–H groups in total. The Morgan fingerprint density at radius 2 is 1.91 bits per heavy atom. The molecule has 1 aromatic carbocycles. The molecule has 0 heterocycles. The van der Waals surface area contributed by atoms with Crippen molar-refractivity contribution in [3.63, 3.8) is 0 Å². The Kier molecular flexibility index (Phi) is 6.32. The Morgan fingerprint density at radius 1 is 1.26 bits per heavy atom. The lowest BCUT2D eigenvalue weighted by Crippen LogP contribution is -2.52. The Labute approximate surface area is 136 Å². The van der Waals surface area contributed by atoms with E-state index in [1.807, 2.05) is 6.92 Å². The first-order chi connectivity index (χ1) is 10.6. The third-order valence-corrected chi connectivity index (χ3v) is 5.37. The maximum Gasteiger partial charge on any atom is 0.329 e. The van der Waals surface area contributed by atoms with Crippen LogP contribution in [0.2, 0.25) is 0 Å². The summed E-state index contributed by atoms with van der Waals surface area (Å²) in [6, 6.07) is 6.16. The SMILES string of the molecule is CCCC(C)(NC(=O)Cc1cccc(S(=O)(=O)CC)c1)C(=O)O. The van der Waals surface area contributed by atoms with E-state index in [0.29, 0.717) is 18.4 Å². The summed E-state index contributed by atoms with van der Waals surface area (Å²) in [6.45, 7) is 4.86.